The molecule has 0 amide bonds. The SMILES string of the molecule is Cc1ccc(C(C)(O)CN)o1. The first-order valence-corrected chi connectivity index (χ1v) is 3.55. The zero-order valence-electron chi connectivity index (χ0n) is 6.79. The van der Waals surface area contributed by atoms with Crippen LogP contribution in [0.25, 0.3) is 0 Å². The Hall–Kier alpha value is -0.800. The van der Waals surface area contributed by atoms with Crippen molar-refractivity contribution in [3.63, 3.8) is 0 Å². The van der Waals surface area contributed by atoms with E-state index in [-0.39, 0.29) is 6.54 Å². The maximum absolute atomic E-state index is 9.59. The van der Waals surface area contributed by atoms with Crippen LogP contribution in [-0.4, -0.2) is 11.7 Å². The van der Waals surface area contributed by atoms with Gasteiger partial charge in [-0.05, 0) is 26.0 Å². The van der Waals surface area contributed by atoms with Crippen LogP contribution in [0.15, 0.2) is 16.5 Å². The summed E-state index contributed by atoms with van der Waals surface area (Å²) in [6, 6.07) is 3.54. The van der Waals surface area contributed by atoms with Gasteiger partial charge >= 0.3 is 0 Å². The van der Waals surface area contributed by atoms with Gasteiger partial charge in [-0.1, -0.05) is 0 Å². The van der Waals surface area contributed by atoms with Gasteiger partial charge in [-0.3, -0.25) is 0 Å². The summed E-state index contributed by atoms with van der Waals surface area (Å²) in [4.78, 5) is 0. The number of rotatable bonds is 2. The Morgan fingerprint density at radius 3 is 2.64 bits per heavy atom. The largest absolute Gasteiger partial charge is 0.463 e. The minimum absolute atomic E-state index is 0.167. The van der Waals surface area contributed by atoms with Crippen molar-refractivity contribution in [2.45, 2.75) is 19.4 Å². The van der Waals surface area contributed by atoms with Crippen LogP contribution < -0.4 is 5.73 Å². The maximum Gasteiger partial charge on any atom is 0.136 e. The van der Waals surface area contributed by atoms with Gasteiger partial charge in [0.2, 0.25) is 0 Å². The van der Waals surface area contributed by atoms with Crippen molar-refractivity contribution in [1.29, 1.82) is 0 Å². The Bertz CT molecular complexity index is 240. The normalized spacial score (nSPS) is 16.4. The lowest BCUT2D eigenvalue weighted by Gasteiger charge is -2.17. The Morgan fingerprint density at radius 2 is 2.27 bits per heavy atom. The molecule has 3 nitrogen and oxygen atoms in total. The molecule has 62 valence electrons. The molecule has 0 spiro atoms. The van der Waals surface area contributed by atoms with E-state index in [0.717, 1.165) is 5.76 Å². The van der Waals surface area contributed by atoms with Crippen LogP contribution >= 0.6 is 0 Å². The molecule has 11 heavy (non-hydrogen) atoms. The van der Waals surface area contributed by atoms with E-state index in [2.05, 4.69) is 0 Å². The Morgan fingerprint density at radius 1 is 1.64 bits per heavy atom. The molecule has 3 N–H and O–H groups in total. The molecule has 0 aromatic carbocycles. The Kier molecular flexibility index (Phi) is 2.02. The van der Waals surface area contributed by atoms with Crippen LogP contribution in [0, 0.1) is 6.92 Å². The standard InChI is InChI=1S/C8H13NO2/c1-6-3-4-7(11-6)8(2,10)5-9/h3-4,10H,5,9H2,1-2H3. The highest BCUT2D eigenvalue weighted by Gasteiger charge is 2.24. The second-order valence-corrected chi connectivity index (χ2v) is 2.89. The Labute approximate surface area is 65.8 Å². The van der Waals surface area contributed by atoms with Crippen LogP contribution in [-0.2, 0) is 5.60 Å². The molecule has 0 saturated heterocycles. The summed E-state index contributed by atoms with van der Waals surface area (Å²) < 4.78 is 5.21. The third-order valence-electron chi connectivity index (χ3n) is 1.67. The van der Waals surface area contributed by atoms with Crippen molar-refractivity contribution in [3.8, 4) is 0 Å². The maximum atomic E-state index is 9.59. The molecule has 1 rings (SSSR count). The number of nitrogens with two attached hydrogens (primary N) is 1. The first-order chi connectivity index (χ1) is 5.06. The second kappa shape index (κ2) is 2.68. The minimum Gasteiger partial charge on any atom is -0.463 e. The summed E-state index contributed by atoms with van der Waals surface area (Å²) >= 11 is 0. The fraction of sp³-hybridized carbons (Fsp3) is 0.500. The third kappa shape index (κ3) is 1.61. The van der Waals surface area contributed by atoms with Gasteiger partial charge in [-0.2, -0.15) is 0 Å². The molecule has 0 radical (unpaired) electrons. The predicted octanol–water partition coefficient (Wildman–Crippen LogP) is 0.754. The monoisotopic (exact) mass is 155 g/mol. The topological polar surface area (TPSA) is 59.4 Å². The van der Waals surface area contributed by atoms with Crippen molar-refractivity contribution in [1.82, 2.24) is 0 Å². The second-order valence-electron chi connectivity index (χ2n) is 2.89. The average Bonchev–Trinajstić information content (AvgIpc) is 2.36. The molecule has 0 fully saturated rings. The summed E-state index contributed by atoms with van der Waals surface area (Å²) in [6.07, 6.45) is 0. The Balaban J connectivity index is 2.92. The van der Waals surface area contributed by atoms with Gasteiger partial charge in [-0.25, -0.2) is 0 Å². The lowest BCUT2D eigenvalue weighted by Crippen LogP contribution is -2.30. The summed E-state index contributed by atoms with van der Waals surface area (Å²) in [5.74, 6) is 1.31. The highest BCUT2D eigenvalue weighted by atomic mass is 16.4. The molecule has 0 aliphatic carbocycles. The van der Waals surface area contributed by atoms with Crippen LogP contribution in [0.3, 0.4) is 0 Å². The van der Waals surface area contributed by atoms with E-state index in [9.17, 15) is 5.11 Å². The lowest BCUT2D eigenvalue weighted by molar-refractivity contribution is 0.0425. The third-order valence-corrected chi connectivity index (χ3v) is 1.67. The van der Waals surface area contributed by atoms with Crippen molar-refractivity contribution in [2.24, 2.45) is 5.73 Å². The van der Waals surface area contributed by atoms with Gasteiger partial charge in [0.1, 0.15) is 17.1 Å². The van der Waals surface area contributed by atoms with Crippen molar-refractivity contribution in [3.05, 3.63) is 23.7 Å². The van der Waals surface area contributed by atoms with Gasteiger partial charge in [0, 0.05) is 6.54 Å². The van der Waals surface area contributed by atoms with Gasteiger partial charge < -0.3 is 15.3 Å². The van der Waals surface area contributed by atoms with E-state index in [1.165, 1.54) is 0 Å². The first kappa shape index (κ1) is 8.30. The summed E-state index contributed by atoms with van der Waals surface area (Å²) in [6.45, 7) is 3.63. The molecule has 1 unspecified atom stereocenters. The molecule has 3 heteroatoms. The van der Waals surface area contributed by atoms with Crippen LogP contribution in [0.2, 0.25) is 0 Å². The van der Waals surface area contributed by atoms with E-state index in [1.807, 2.05) is 6.92 Å². The summed E-state index contributed by atoms with van der Waals surface area (Å²) in [5.41, 5.74) is 4.30. The molecule has 1 heterocycles. The van der Waals surface area contributed by atoms with Crippen LogP contribution in [0.4, 0.5) is 0 Å². The average molecular weight is 155 g/mol. The molecular formula is C8H13NO2. The van der Waals surface area contributed by atoms with E-state index < -0.39 is 5.60 Å². The smallest absolute Gasteiger partial charge is 0.136 e. The lowest BCUT2D eigenvalue weighted by atomic mass is 10.1. The summed E-state index contributed by atoms with van der Waals surface area (Å²) in [7, 11) is 0. The highest BCUT2D eigenvalue weighted by Crippen LogP contribution is 2.20. The molecule has 1 atom stereocenters. The van der Waals surface area contributed by atoms with Crippen LogP contribution in [0.5, 0.6) is 0 Å². The molecule has 0 saturated carbocycles. The molecule has 1 aromatic heterocycles. The quantitative estimate of drug-likeness (QED) is 0.662. The van der Waals surface area contributed by atoms with Crippen molar-refractivity contribution in [2.75, 3.05) is 6.54 Å². The summed E-state index contributed by atoms with van der Waals surface area (Å²) in [5, 5.41) is 9.59. The van der Waals surface area contributed by atoms with E-state index in [1.54, 1.807) is 19.1 Å². The fourth-order valence-corrected chi connectivity index (χ4v) is 0.825. The number of hydrogen-bond donors (Lipinski definition) is 2. The number of furan rings is 1. The molecule has 0 bridgehead atoms. The molecule has 1 aromatic rings. The number of hydrogen-bond acceptors (Lipinski definition) is 3. The van der Waals surface area contributed by atoms with E-state index in [0.29, 0.717) is 5.76 Å². The number of aliphatic hydroxyl groups is 1. The predicted molar refractivity (Wildman–Crippen MR) is 42.1 cm³/mol. The first-order valence-electron chi connectivity index (χ1n) is 3.55. The van der Waals surface area contributed by atoms with Gasteiger partial charge in [0.25, 0.3) is 0 Å². The van der Waals surface area contributed by atoms with Gasteiger partial charge in [0.05, 0.1) is 0 Å². The van der Waals surface area contributed by atoms with E-state index >= 15 is 0 Å². The molecular weight excluding hydrogens is 142 g/mol. The number of aryl methyl sites for hydroxylation is 1. The minimum atomic E-state index is -1.03. The van der Waals surface area contributed by atoms with Gasteiger partial charge in [0.15, 0.2) is 0 Å². The molecule has 0 aliphatic heterocycles. The van der Waals surface area contributed by atoms with Gasteiger partial charge in [-0.15, -0.1) is 0 Å². The zero-order valence-corrected chi connectivity index (χ0v) is 6.79. The zero-order chi connectivity index (χ0) is 8.48. The van der Waals surface area contributed by atoms with E-state index in [4.69, 9.17) is 10.2 Å². The molecule has 0 aliphatic rings. The van der Waals surface area contributed by atoms with Crippen LogP contribution in [0.1, 0.15) is 18.4 Å². The van der Waals surface area contributed by atoms with Crippen molar-refractivity contribution < 1.29 is 9.52 Å². The fourth-order valence-electron chi connectivity index (χ4n) is 0.825. The highest BCUT2D eigenvalue weighted by molar-refractivity contribution is 5.12. The van der Waals surface area contributed by atoms with Crippen molar-refractivity contribution >= 4 is 0 Å².